The van der Waals surface area contributed by atoms with Crippen molar-refractivity contribution < 1.29 is 17.9 Å². The number of thiazole rings is 1. The molecule has 1 saturated heterocycles. The maximum atomic E-state index is 13.9. The van der Waals surface area contributed by atoms with Gasteiger partial charge in [-0.25, -0.2) is 13.4 Å². The molecule has 0 bridgehead atoms. The van der Waals surface area contributed by atoms with Crippen LogP contribution in [-0.4, -0.2) is 48.8 Å². The molecule has 8 nitrogen and oxygen atoms in total. The second-order valence-corrected chi connectivity index (χ2v) is 12.7. The number of carbonyl (C=O) groups excluding carboxylic acids is 1. The number of hydrogen-bond acceptors (Lipinski definition) is 8. The van der Waals surface area contributed by atoms with E-state index in [0.717, 1.165) is 21.3 Å². The highest BCUT2D eigenvalue weighted by molar-refractivity contribution is 7.91. The number of carbonyl (C=O) groups is 1. The first-order valence-electron chi connectivity index (χ1n) is 11.6. The fourth-order valence-electron chi connectivity index (χ4n) is 4.39. The van der Waals surface area contributed by atoms with E-state index in [1.165, 1.54) is 27.0 Å². The van der Waals surface area contributed by atoms with E-state index < -0.39 is 10.0 Å². The summed E-state index contributed by atoms with van der Waals surface area (Å²) >= 11 is 2.68. The Morgan fingerprint density at radius 2 is 2.00 bits per heavy atom. The lowest BCUT2D eigenvalue weighted by Crippen LogP contribution is -2.44. The molecule has 0 spiro atoms. The fraction of sp³-hybridized carbons (Fsp3) is 0.320. The van der Waals surface area contributed by atoms with Gasteiger partial charge in [-0.1, -0.05) is 29.5 Å². The third kappa shape index (κ3) is 4.75. The second-order valence-electron chi connectivity index (χ2n) is 8.65. The summed E-state index contributed by atoms with van der Waals surface area (Å²) in [5.41, 5.74) is 2.69. The van der Waals surface area contributed by atoms with Gasteiger partial charge in [-0.3, -0.25) is 14.7 Å². The summed E-state index contributed by atoms with van der Waals surface area (Å²) in [6, 6.07) is 11.0. The van der Waals surface area contributed by atoms with E-state index in [9.17, 15) is 13.2 Å². The van der Waals surface area contributed by atoms with E-state index in [1.807, 2.05) is 31.2 Å². The Labute approximate surface area is 218 Å². The number of thiophene rings is 1. The molecule has 0 aliphatic carbocycles. The molecular weight excluding hydrogens is 517 g/mol. The van der Waals surface area contributed by atoms with Crippen molar-refractivity contribution in [2.24, 2.45) is 5.92 Å². The third-order valence-corrected chi connectivity index (χ3v) is 10.9. The van der Waals surface area contributed by atoms with Crippen molar-refractivity contribution in [2.75, 3.05) is 25.1 Å². The first-order chi connectivity index (χ1) is 17.4. The molecular formula is C25H26N4O4S3. The number of fused-ring (bicyclic) bond motifs is 1. The average molecular weight is 543 g/mol. The van der Waals surface area contributed by atoms with Crippen molar-refractivity contribution in [1.82, 2.24) is 14.3 Å². The van der Waals surface area contributed by atoms with Gasteiger partial charge in [0.2, 0.25) is 5.91 Å². The molecule has 1 aromatic carbocycles. The van der Waals surface area contributed by atoms with Gasteiger partial charge in [0.05, 0.1) is 18.4 Å². The van der Waals surface area contributed by atoms with Crippen LogP contribution in [0.1, 0.15) is 24.0 Å². The van der Waals surface area contributed by atoms with Gasteiger partial charge in [0.15, 0.2) is 5.13 Å². The molecule has 0 radical (unpaired) electrons. The van der Waals surface area contributed by atoms with Crippen LogP contribution in [0.3, 0.4) is 0 Å². The molecule has 1 aliphatic heterocycles. The number of methoxy groups -OCH3 is 1. The van der Waals surface area contributed by atoms with Gasteiger partial charge in [-0.15, -0.1) is 11.3 Å². The number of aryl methyl sites for hydroxylation is 1. The number of benzene rings is 1. The van der Waals surface area contributed by atoms with Gasteiger partial charge in [-0.05, 0) is 54.5 Å². The summed E-state index contributed by atoms with van der Waals surface area (Å²) in [4.78, 5) is 24.6. The van der Waals surface area contributed by atoms with Crippen LogP contribution in [0.4, 0.5) is 5.13 Å². The van der Waals surface area contributed by atoms with E-state index >= 15 is 0 Å². The monoisotopic (exact) mass is 542 g/mol. The normalized spacial score (nSPS) is 15.3. The number of sulfonamides is 1. The molecule has 0 atom stereocenters. The maximum absolute atomic E-state index is 13.9. The fourth-order valence-corrected chi connectivity index (χ4v) is 8.06. The predicted octanol–water partition coefficient (Wildman–Crippen LogP) is 4.70. The average Bonchev–Trinajstić information content (AvgIpc) is 3.60. The maximum Gasteiger partial charge on any atom is 0.252 e. The Hall–Kier alpha value is -2.86. The van der Waals surface area contributed by atoms with Gasteiger partial charge in [0.1, 0.15) is 15.5 Å². The van der Waals surface area contributed by atoms with Gasteiger partial charge in [0, 0.05) is 31.4 Å². The molecule has 4 aromatic rings. The highest BCUT2D eigenvalue weighted by atomic mass is 32.2. The Morgan fingerprint density at radius 3 is 2.67 bits per heavy atom. The van der Waals surface area contributed by atoms with Crippen molar-refractivity contribution in [3.8, 4) is 5.75 Å². The first-order valence-corrected chi connectivity index (χ1v) is 14.7. The smallest absolute Gasteiger partial charge is 0.252 e. The summed E-state index contributed by atoms with van der Waals surface area (Å²) in [5.74, 6) is 0.313. The molecule has 0 saturated carbocycles. The summed E-state index contributed by atoms with van der Waals surface area (Å²) < 4.78 is 34.2. The van der Waals surface area contributed by atoms with Crippen LogP contribution in [0.25, 0.3) is 10.2 Å². The SMILES string of the molecule is COc1ccc(C)c2sc(N(Cc3cccnc3)C(=O)C3CCN(S(=O)(=O)c4cccs4)CC3)nc12. The lowest BCUT2D eigenvalue weighted by Gasteiger charge is -2.32. The van der Waals surface area contributed by atoms with Crippen molar-refractivity contribution in [2.45, 2.75) is 30.5 Å². The Balaban J connectivity index is 1.42. The van der Waals surface area contributed by atoms with Crippen molar-refractivity contribution in [3.63, 3.8) is 0 Å². The zero-order valence-corrected chi connectivity index (χ0v) is 22.4. The van der Waals surface area contributed by atoms with E-state index in [0.29, 0.717) is 47.6 Å². The number of rotatable bonds is 7. The van der Waals surface area contributed by atoms with E-state index in [4.69, 9.17) is 9.72 Å². The second kappa shape index (κ2) is 10.3. The Bertz CT molecular complexity index is 1460. The summed E-state index contributed by atoms with van der Waals surface area (Å²) in [5, 5.41) is 2.36. The largest absolute Gasteiger partial charge is 0.494 e. The third-order valence-electron chi connectivity index (χ3n) is 6.36. The Morgan fingerprint density at radius 1 is 1.19 bits per heavy atom. The zero-order chi connectivity index (χ0) is 25.3. The number of amides is 1. The lowest BCUT2D eigenvalue weighted by atomic mass is 9.96. The van der Waals surface area contributed by atoms with E-state index in [1.54, 1.807) is 41.9 Å². The molecule has 188 valence electrons. The van der Waals surface area contributed by atoms with Gasteiger partial charge >= 0.3 is 0 Å². The quantitative estimate of drug-likeness (QED) is 0.336. The number of piperidine rings is 1. The molecule has 1 fully saturated rings. The first kappa shape index (κ1) is 24.8. The highest BCUT2D eigenvalue weighted by Crippen LogP contribution is 2.38. The molecule has 5 rings (SSSR count). The van der Waals surface area contributed by atoms with E-state index in [-0.39, 0.29) is 11.8 Å². The minimum Gasteiger partial charge on any atom is -0.494 e. The molecule has 3 aromatic heterocycles. The summed E-state index contributed by atoms with van der Waals surface area (Å²) in [6.45, 7) is 2.97. The number of anilines is 1. The lowest BCUT2D eigenvalue weighted by molar-refractivity contribution is -0.123. The van der Waals surface area contributed by atoms with Crippen LogP contribution in [0.2, 0.25) is 0 Å². The van der Waals surface area contributed by atoms with Crippen LogP contribution in [0.15, 0.2) is 58.4 Å². The molecule has 1 amide bonds. The number of ether oxygens (including phenoxy) is 1. The molecule has 1 aliphatic rings. The molecule has 11 heteroatoms. The topological polar surface area (TPSA) is 92.7 Å². The molecule has 36 heavy (non-hydrogen) atoms. The van der Waals surface area contributed by atoms with Gasteiger partial charge in [0.25, 0.3) is 10.0 Å². The standard InChI is InChI=1S/C25H26N4O4S3/c1-17-7-8-20(33-2)22-23(17)35-25(27-22)29(16-18-5-3-11-26-15-18)24(30)19-9-12-28(13-10-19)36(31,32)21-6-4-14-34-21/h3-8,11,14-15,19H,9-10,12-13,16H2,1-2H3. The van der Waals surface area contributed by atoms with Crippen LogP contribution in [0, 0.1) is 12.8 Å². The minimum atomic E-state index is -3.52. The minimum absolute atomic E-state index is 0.0531. The van der Waals surface area contributed by atoms with Crippen molar-refractivity contribution in [3.05, 3.63) is 65.3 Å². The van der Waals surface area contributed by atoms with Gasteiger partial charge < -0.3 is 4.74 Å². The van der Waals surface area contributed by atoms with Gasteiger partial charge in [-0.2, -0.15) is 4.31 Å². The van der Waals surface area contributed by atoms with Crippen molar-refractivity contribution in [1.29, 1.82) is 0 Å². The highest BCUT2D eigenvalue weighted by Gasteiger charge is 2.35. The number of nitrogens with zero attached hydrogens (tertiary/aromatic N) is 4. The number of pyridine rings is 1. The number of aromatic nitrogens is 2. The molecule has 0 N–H and O–H groups in total. The molecule has 4 heterocycles. The van der Waals surface area contributed by atoms with Crippen LogP contribution < -0.4 is 9.64 Å². The zero-order valence-electron chi connectivity index (χ0n) is 20.0. The van der Waals surface area contributed by atoms with E-state index in [2.05, 4.69) is 4.98 Å². The number of hydrogen-bond donors (Lipinski definition) is 0. The summed E-state index contributed by atoms with van der Waals surface area (Å²) in [6.07, 6.45) is 4.36. The van der Waals surface area contributed by atoms with Crippen LogP contribution in [0.5, 0.6) is 5.75 Å². The Kier molecular flexibility index (Phi) is 7.07. The predicted molar refractivity (Wildman–Crippen MR) is 142 cm³/mol. The van der Waals surface area contributed by atoms with Crippen LogP contribution >= 0.6 is 22.7 Å². The summed E-state index contributed by atoms with van der Waals surface area (Å²) in [7, 11) is -1.91. The molecule has 0 unspecified atom stereocenters. The van der Waals surface area contributed by atoms with Crippen LogP contribution in [-0.2, 0) is 21.4 Å². The van der Waals surface area contributed by atoms with Crippen molar-refractivity contribution >= 4 is 54.0 Å².